The largest absolute Gasteiger partial charge is 0.394 e. The Balaban J connectivity index is 3.46. The monoisotopic (exact) mass is 1070 g/mol. The van der Waals surface area contributed by atoms with Crippen molar-refractivity contribution in [2.24, 2.45) is 0 Å². The summed E-state index contributed by atoms with van der Waals surface area (Å²) in [4.78, 5) is 12.6. The molecule has 5 nitrogen and oxygen atoms in total. The number of unbranched alkanes of at least 4 members (excludes halogenated alkanes) is 54. The minimum atomic E-state index is -1.08. The van der Waals surface area contributed by atoms with Gasteiger partial charge in [0, 0.05) is 0 Å². The van der Waals surface area contributed by atoms with E-state index in [1.54, 1.807) is 0 Å². The highest BCUT2D eigenvalue weighted by atomic mass is 16.3. The van der Waals surface area contributed by atoms with Crippen LogP contribution < -0.4 is 5.32 Å². The van der Waals surface area contributed by atoms with Crippen molar-refractivity contribution in [2.75, 3.05) is 6.61 Å². The molecule has 0 saturated carbocycles. The van der Waals surface area contributed by atoms with Crippen LogP contribution in [0.15, 0.2) is 24.3 Å². The minimum absolute atomic E-state index is 0.310. The summed E-state index contributed by atoms with van der Waals surface area (Å²) in [6.45, 7) is 4.29. The Hall–Kier alpha value is -1.17. The molecule has 1 amide bonds. The molecule has 0 fully saturated rings. The lowest BCUT2D eigenvalue weighted by Gasteiger charge is -2.23. The maximum absolute atomic E-state index is 12.6. The number of hydrogen-bond acceptors (Lipinski definition) is 4. The second-order valence-electron chi connectivity index (χ2n) is 24.5. The summed E-state index contributed by atoms with van der Waals surface area (Å²) >= 11 is 0. The molecule has 5 heteroatoms. The van der Waals surface area contributed by atoms with E-state index in [9.17, 15) is 20.1 Å². The lowest BCUT2D eigenvalue weighted by Crippen LogP contribution is -2.49. The Morgan fingerprint density at radius 1 is 0.316 bits per heavy atom. The van der Waals surface area contributed by atoms with Crippen molar-refractivity contribution in [3.05, 3.63) is 24.3 Å². The van der Waals surface area contributed by atoms with Crippen LogP contribution in [0.5, 0.6) is 0 Å². The molecule has 0 aromatic carbocycles. The van der Waals surface area contributed by atoms with Gasteiger partial charge in [-0.25, -0.2) is 0 Å². The standard InChI is InChI=1S/C71H139NO4/c1-3-5-7-9-11-13-15-17-19-21-23-25-27-29-30-31-32-33-34-35-36-37-38-39-40-41-42-44-46-48-50-52-54-56-58-60-62-64-66-70(75)71(76)72-68(67-73)69(74)65-63-61-59-57-55-53-51-49-47-45-43-28-26-24-22-20-18-16-14-12-10-8-6-4-2/h32-33,35-36,68-70,73-75H,3-31,34,37-67H2,1-2H3,(H,72,76)/b33-32-,36-35-. The number of aliphatic hydroxyl groups is 3. The van der Waals surface area contributed by atoms with Gasteiger partial charge in [-0.05, 0) is 44.9 Å². The third kappa shape index (κ3) is 60.5. The van der Waals surface area contributed by atoms with E-state index in [0.29, 0.717) is 12.8 Å². The van der Waals surface area contributed by atoms with Gasteiger partial charge in [0.2, 0.25) is 5.91 Å². The lowest BCUT2D eigenvalue weighted by molar-refractivity contribution is -0.131. The van der Waals surface area contributed by atoms with Crippen molar-refractivity contribution in [1.29, 1.82) is 0 Å². The molecule has 3 unspecified atom stereocenters. The summed E-state index contributed by atoms with van der Waals surface area (Å²) in [7, 11) is 0. The van der Waals surface area contributed by atoms with Crippen molar-refractivity contribution in [3.63, 3.8) is 0 Å². The zero-order valence-electron chi connectivity index (χ0n) is 51.9. The predicted molar refractivity (Wildman–Crippen MR) is 338 cm³/mol. The van der Waals surface area contributed by atoms with Crippen LogP contribution in [0.25, 0.3) is 0 Å². The van der Waals surface area contributed by atoms with E-state index < -0.39 is 24.2 Å². The minimum Gasteiger partial charge on any atom is -0.394 e. The Morgan fingerprint density at radius 3 is 0.789 bits per heavy atom. The summed E-state index contributed by atoms with van der Waals surface area (Å²) < 4.78 is 0. The van der Waals surface area contributed by atoms with Crippen molar-refractivity contribution in [1.82, 2.24) is 5.32 Å². The maximum Gasteiger partial charge on any atom is 0.249 e. The summed E-state index contributed by atoms with van der Waals surface area (Å²) in [6.07, 6.45) is 87.2. The van der Waals surface area contributed by atoms with Gasteiger partial charge in [-0.15, -0.1) is 0 Å². The van der Waals surface area contributed by atoms with Gasteiger partial charge < -0.3 is 20.6 Å². The van der Waals surface area contributed by atoms with Crippen LogP contribution in [-0.4, -0.2) is 46.1 Å². The molecule has 0 aromatic heterocycles. The molecule has 4 N–H and O–H groups in total. The molecule has 0 saturated heterocycles. The molecule has 0 spiro atoms. The number of carbonyl (C=O) groups is 1. The van der Waals surface area contributed by atoms with E-state index in [-0.39, 0.29) is 6.61 Å². The molecular formula is C71H139NO4. The molecule has 0 bridgehead atoms. The third-order valence-electron chi connectivity index (χ3n) is 16.8. The van der Waals surface area contributed by atoms with Crippen molar-refractivity contribution in [2.45, 2.75) is 417 Å². The highest BCUT2D eigenvalue weighted by Crippen LogP contribution is 2.19. The Morgan fingerprint density at radius 2 is 0.539 bits per heavy atom. The van der Waals surface area contributed by atoms with Crippen LogP contribution in [0, 0.1) is 0 Å². The number of allylic oxidation sites excluding steroid dienone is 4. The zero-order chi connectivity index (χ0) is 55.0. The molecule has 452 valence electrons. The number of hydrogen-bond donors (Lipinski definition) is 4. The van der Waals surface area contributed by atoms with E-state index in [2.05, 4.69) is 43.5 Å². The number of nitrogens with one attached hydrogen (secondary N) is 1. The summed E-state index contributed by atoms with van der Waals surface area (Å²) in [5.74, 6) is -0.463. The summed E-state index contributed by atoms with van der Waals surface area (Å²) in [5, 5.41) is 33.7. The number of carbonyl (C=O) groups excluding carboxylic acids is 1. The van der Waals surface area contributed by atoms with E-state index >= 15 is 0 Å². The number of amides is 1. The van der Waals surface area contributed by atoms with E-state index in [4.69, 9.17) is 0 Å². The van der Waals surface area contributed by atoms with Gasteiger partial charge in [0.25, 0.3) is 0 Å². The van der Waals surface area contributed by atoms with Crippen molar-refractivity contribution < 1.29 is 20.1 Å². The molecule has 0 aliphatic rings. The molecular weight excluding hydrogens is 931 g/mol. The van der Waals surface area contributed by atoms with E-state index in [1.165, 1.54) is 334 Å². The van der Waals surface area contributed by atoms with Gasteiger partial charge in [0.05, 0.1) is 18.8 Å². The zero-order valence-corrected chi connectivity index (χ0v) is 51.9. The Labute approximate surface area is 477 Å². The molecule has 0 radical (unpaired) electrons. The lowest BCUT2D eigenvalue weighted by atomic mass is 10.0. The van der Waals surface area contributed by atoms with E-state index in [0.717, 1.165) is 38.5 Å². The average Bonchev–Trinajstić information content (AvgIpc) is 3.42. The fourth-order valence-electron chi connectivity index (χ4n) is 11.4. The van der Waals surface area contributed by atoms with Crippen molar-refractivity contribution in [3.8, 4) is 0 Å². The average molecular weight is 1070 g/mol. The molecule has 0 aliphatic carbocycles. The van der Waals surface area contributed by atoms with Crippen LogP contribution in [0.4, 0.5) is 0 Å². The first-order valence-corrected chi connectivity index (χ1v) is 35.1. The predicted octanol–water partition coefficient (Wildman–Crippen LogP) is 22.7. The molecule has 0 aromatic rings. The van der Waals surface area contributed by atoms with Gasteiger partial charge in [0.15, 0.2) is 0 Å². The Bertz CT molecular complexity index is 1140. The molecule has 3 atom stereocenters. The first kappa shape index (κ1) is 74.8. The molecule has 76 heavy (non-hydrogen) atoms. The second-order valence-corrected chi connectivity index (χ2v) is 24.5. The van der Waals surface area contributed by atoms with Crippen molar-refractivity contribution >= 4 is 5.91 Å². The SMILES string of the molecule is CCCCCCCCCCCCCCCCC/C=C\C/C=C\CCCCCCCCCCCCCCCCCCC(O)C(=O)NC(CO)C(O)CCCCCCCCCCCCCCCCCCCCCCCCCC. The van der Waals surface area contributed by atoms with Crippen LogP contribution >= 0.6 is 0 Å². The van der Waals surface area contributed by atoms with Crippen LogP contribution in [-0.2, 0) is 4.79 Å². The molecule has 0 aliphatic heterocycles. The van der Waals surface area contributed by atoms with Gasteiger partial charge in [-0.2, -0.15) is 0 Å². The number of aliphatic hydroxyl groups excluding tert-OH is 3. The highest BCUT2D eigenvalue weighted by Gasteiger charge is 2.23. The Kier molecular flexibility index (Phi) is 65.3. The fraction of sp³-hybridized carbons (Fsp3) is 0.930. The van der Waals surface area contributed by atoms with Gasteiger partial charge >= 0.3 is 0 Å². The number of rotatable bonds is 66. The quantitative estimate of drug-likeness (QED) is 0.0361. The normalized spacial score (nSPS) is 13.2. The third-order valence-corrected chi connectivity index (χ3v) is 16.8. The molecule has 0 rings (SSSR count). The molecule has 0 heterocycles. The summed E-state index contributed by atoms with van der Waals surface area (Å²) in [6, 6.07) is -0.712. The first-order valence-electron chi connectivity index (χ1n) is 35.1. The van der Waals surface area contributed by atoms with Gasteiger partial charge in [-0.3, -0.25) is 4.79 Å². The van der Waals surface area contributed by atoms with E-state index in [1.807, 2.05) is 0 Å². The maximum atomic E-state index is 12.6. The highest BCUT2D eigenvalue weighted by molar-refractivity contribution is 5.80. The smallest absolute Gasteiger partial charge is 0.249 e. The van der Waals surface area contributed by atoms with Crippen LogP contribution in [0.3, 0.4) is 0 Å². The van der Waals surface area contributed by atoms with Gasteiger partial charge in [-0.1, -0.05) is 378 Å². The van der Waals surface area contributed by atoms with Crippen LogP contribution in [0.1, 0.15) is 399 Å². The first-order chi connectivity index (χ1) is 37.6. The second kappa shape index (κ2) is 66.3. The summed E-state index contributed by atoms with van der Waals surface area (Å²) in [5.41, 5.74) is 0. The van der Waals surface area contributed by atoms with Crippen LogP contribution in [0.2, 0.25) is 0 Å². The fourth-order valence-corrected chi connectivity index (χ4v) is 11.4. The topological polar surface area (TPSA) is 89.8 Å². The van der Waals surface area contributed by atoms with Gasteiger partial charge in [0.1, 0.15) is 6.10 Å².